The van der Waals surface area contributed by atoms with E-state index < -0.39 is 36.3 Å². The molecular formula is C9H11F11. The van der Waals surface area contributed by atoms with E-state index in [-0.39, 0.29) is 6.92 Å². The highest BCUT2D eigenvalue weighted by molar-refractivity contribution is 5.05. The van der Waals surface area contributed by atoms with Crippen molar-refractivity contribution in [2.75, 3.05) is 0 Å². The first-order valence-corrected chi connectivity index (χ1v) is 5.14. The van der Waals surface area contributed by atoms with Crippen LogP contribution in [0.25, 0.3) is 0 Å². The van der Waals surface area contributed by atoms with Crippen LogP contribution in [-0.4, -0.2) is 29.9 Å². The third kappa shape index (κ3) is 3.11. The first-order chi connectivity index (χ1) is 8.56. The fourth-order valence-electron chi connectivity index (χ4n) is 0.827. The van der Waals surface area contributed by atoms with Crippen LogP contribution in [0.15, 0.2) is 0 Å². The maximum absolute atomic E-state index is 12.5. The number of hydrogen-bond acceptors (Lipinski definition) is 0. The Labute approximate surface area is 106 Å². The maximum atomic E-state index is 12.5. The number of halogens is 11. The lowest BCUT2D eigenvalue weighted by atomic mass is 9.97. The summed E-state index contributed by atoms with van der Waals surface area (Å²) in [4.78, 5) is 0. The second-order valence-corrected chi connectivity index (χ2v) is 3.28. The van der Waals surface area contributed by atoms with Gasteiger partial charge in [0.15, 0.2) is 0 Å². The summed E-state index contributed by atoms with van der Waals surface area (Å²) >= 11 is 0. The van der Waals surface area contributed by atoms with Gasteiger partial charge in [0, 0.05) is 6.42 Å². The summed E-state index contributed by atoms with van der Waals surface area (Å²) in [5.74, 6) is -27.1. The van der Waals surface area contributed by atoms with Gasteiger partial charge in [-0.15, -0.1) is 0 Å². The molecule has 11 heteroatoms. The van der Waals surface area contributed by atoms with Crippen molar-refractivity contribution in [2.45, 2.75) is 57.1 Å². The lowest BCUT2D eigenvalue weighted by Gasteiger charge is -2.36. The minimum absolute atomic E-state index is 0.232. The fourth-order valence-corrected chi connectivity index (χ4v) is 0.827. The Hall–Kier alpha value is -0.770. The van der Waals surface area contributed by atoms with Crippen molar-refractivity contribution in [3.63, 3.8) is 0 Å². The van der Waals surface area contributed by atoms with E-state index in [1.807, 2.05) is 13.8 Å². The van der Waals surface area contributed by atoms with Crippen LogP contribution in [0.5, 0.6) is 0 Å². The zero-order valence-electron chi connectivity index (χ0n) is 10.4. The van der Waals surface area contributed by atoms with Gasteiger partial charge in [0.25, 0.3) is 0 Å². The first-order valence-electron chi connectivity index (χ1n) is 5.14. The van der Waals surface area contributed by atoms with Gasteiger partial charge in [0.05, 0.1) is 0 Å². The van der Waals surface area contributed by atoms with Crippen LogP contribution in [-0.2, 0) is 0 Å². The van der Waals surface area contributed by atoms with Gasteiger partial charge in [-0.2, -0.15) is 48.3 Å². The van der Waals surface area contributed by atoms with Crippen molar-refractivity contribution in [3.8, 4) is 0 Å². The molecule has 0 aromatic rings. The van der Waals surface area contributed by atoms with Gasteiger partial charge >= 0.3 is 29.9 Å². The van der Waals surface area contributed by atoms with Crippen molar-refractivity contribution in [1.82, 2.24) is 0 Å². The number of rotatable bonds is 4. The van der Waals surface area contributed by atoms with E-state index in [9.17, 15) is 48.3 Å². The Morgan fingerprint density at radius 3 is 1.05 bits per heavy atom. The molecule has 0 bridgehead atoms. The highest BCUT2D eigenvalue weighted by atomic mass is 19.4. The molecule has 0 aliphatic rings. The highest BCUT2D eigenvalue weighted by Gasteiger charge is 2.86. The Balaban J connectivity index is 0. The SMILES string of the molecule is CC.CCC(F)(F)C(F)(F)C(F)(F)C(F)(F)C(F)(F)F. The Morgan fingerprint density at radius 1 is 0.550 bits per heavy atom. The summed E-state index contributed by atoms with van der Waals surface area (Å²) in [6.45, 7) is 4.23. The molecule has 0 radical (unpaired) electrons. The van der Waals surface area contributed by atoms with Gasteiger partial charge < -0.3 is 0 Å². The third-order valence-electron chi connectivity index (χ3n) is 2.05. The molecule has 0 aliphatic carbocycles. The lowest BCUT2D eigenvalue weighted by molar-refractivity contribution is -0.422. The number of hydrogen-bond donors (Lipinski definition) is 0. The van der Waals surface area contributed by atoms with Gasteiger partial charge in [0.2, 0.25) is 0 Å². The van der Waals surface area contributed by atoms with Crippen LogP contribution in [0.3, 0.4) is 0 Å². The van der Waals surface area contributed by atoms with Gasteiger partial charge in [-0.1, -0.05) is 20.8 Å². The predicted molar refractivity (Wildman–Crippen MR) is 47.5 cm³/mol. The summed E-state index contributed by atoms with van der Waals surface area (Å²) in [6, 6.07) is 0. The van der Waals surface area contributed by atoms with Crippen LogP contribution >= 0.6 is 0 Å². The summed E-state index contributed by atoms with van der Waals surface area (Å²) in [6.07, 6.45) is -9.13. The van der Waals surface area contributed by atoms with Gasteiger partial charge in [-0.3, -0.25) is 0 Å². The molecule has 0 fully saturated rings. The van der Waals surface area contributed by atoms with E-state index in [2.05, 4.69) is 0 Å². The monoisotopic (exact) mass is 328 g/mol. The minimum atomic E-state index is -7.29. The molecule has 0 aliphatic heterocycles. The first kappa shape index (κ1) is 21.5. The van der Waals surface area contributed by atoms with Crippen molar-refractivity contribution in [1.29, 1.82) is 0 Å². The molecule has 0 saturated heterocycles. The Kier molecular flexibility index (Phi) is 6.37. The number of alkyl halides is 11. The van der Waals surface area contributed by atoms with E-state index in [0.29, 0.717) is 0 Å². The fraction of sp³-hybridized carbons (Fsp3) is 1.00. The Morgan fingerprint density at radius 2 is 0.850 bits per heavy atom. The van der Waals surface area contributed by atoms with Crippen molar-refractivity contribution in [3.05, 3.63) is 0 Å². The lowest BCUT2D eigenvalue weighted by Crippen LogP contribution is -2.66. The van der Waals surface area contributed by atoms with Crippen LogP contribution in [0.4, 0.5) is 48.3 Å². The zero-order chi connectivity index (χ0) is 17.2. The highest BCUT2D eigenvalue weighted by Crippen LogP contribution is 2.57. The molecule has 124 valence electrons. The molecule has 0 heterocycles. The van der Waals surface area contributed by atoms with Gasteiger partial charge in [-0.05, 0) is 0 Å². The normalized spacial score (nSPS) is 14.7. The smallest absolute Gasteiger partial charge is 0.200 e. The molecule has 0 unspecified atom stereocenters. The standard InChI is InChI=1S/C7H5F11.C2H6/c1-2-3(8,9)4(10,11)5(12,13)6(14,15)7(16,17)18;1-2/h2H2,1H3;1-2H3. The molecule has 0 nitrogen and oxygen atoms in total. The van der Waals surface area contributed by atoms with E-state index >= 15 is 0 Å². The van der Waals surface area contributed by atoms with Crippen molar-refractivity contribution in [2.24, 2.45) is 0 Å². The van der Waals surface area contributed by atoms with Crippen LogP contribution in [0.1, 0.15) is 27.2 Å². The van der Waals surface area contributed by atoms with Crippen LogP contribution < -0.4 is 0 Å². The van der Waals surface area contributed by atoms with Gasteiger partial charge in [-0.25, -0.2) is 0 Å². The average molecular weight is 328 g/mol. The quantitative estimate of drug-likeness (QED) is 0.596. The Bertz CT molecular complexity index is 302. The summed E-state index contributed by atoms with van der Waals surface area (Å²) in [5.41, 5.74) is 0. The molecule has 0 amide bonds. The van der Waals surface area contributed by atoms with Crippen molar-refractivity contribution >= 4 is 0 Å². The summed E-state index contributed by atoms with van der Waals surface area (Å²) < 4.78 is 134. The van der Waals surface area contributed by atoms with E-state index in [0.717, 1.165) is 0 Å². The van der Waals surface area contributed by atoms with Crippen LogP contribution in [0.2, 0.25) is 0 Å². The maximum Gasteiger partial charge on any atom is 0.460 e. The molecule has 0 spiro atoms. The van der Waals surface area contributed by atoms with E-state index in [1.165, 1.54) is 0 Å². The van der Waals surface area contributed by atoms with Crippen LogP contribution in [0, 0.1) is 0 Å². The van der Waals surface area contributed by atoms with Crippen molar-refractivity contribution < 1.29 is 48.3 Å². The molecule has 20 heavy (non-hydrogen) atoms. The molecule has 0 N–H and O–H groups in total. The summed E-state index contributed by atoms with van der Waals surface area (Å²) in [7, 11) is 0. The van der Waals surface area contributed by atoms with Gasteiger partial charge in [0.1, 0.15) is 0 Å². The largest absolute Gasteiger partial charge is 0.460 e. The second-order valence-electron chi connectivity index (χ2n) is 3.28. The predicted octanol–water partition coefficient (Wildman–Crippen LogP) is 5.53. The molecule has 0 rings (SSSR count). The topological polar surface area (TPSA) is 0 Å². The molecule has 0 atom stereocenters. The molecule has 0 aromatic heterocycles. The third-order valence-corrected chi connectivity index (χ3v) is 2.05. The minimum Gasteiger partial charge on any atom is -0.200 e. The van der Waals surface area contributed by atoms with E-state index in [4.69, 9.17) is 0 Å². The second kappa shape index (κ2) is 5.92. The van der Waals surface area contributed by atoms with E-state index in [1.54, 1.807) is 0 Å². The summed E-state index contributed by atoms with van der Waals surface area (Å²) in [5, 5.41) is 0. The molecular weight excluding hydrogens is 317 g/mol. The molecule has 0 saturated carbocycles. The average Bonchev–Trinajstić information content (AvgIpc) is 2.29. The zero-order valence-corrected chi connectivity index (χ0v) is 10.4. The molecule has 0 aromatic carbocycles.